The van der Waals surface area contributed by atoms with Gasteiger partial charge in [-0.05, 0) is 84.6 Å². The number of rotatable bonds is 6. The molecule has 4 aliphatic rings. The van der Waals surface area contributed by atoms with E-state index in [-0.39, 0.29) is 24.4 Å². The Bertz CT molecular complexity index is 2030. The van der Waals surface area contributed by atoms with Gasteiger partial charge >= 0.3 is 11.9 Å². The van der Waals surface area contributed by atoms with E-state index < -0.39 is 11.9 Å². The topological polar surface area (TPSA) is 113 Å². The van der Waals surface area contributed by atoms with Crippen LogP contribution in [0.4, 0.5) is 0 Å². The van der Waals surface area contributed by atoms with Gasteiger partial charge in [0.2, 0.25) is 5.75 Å². The monoisotopic (exact) mass is 709 g/mol. The molecule has 0 amide bonds. The lowest BCUT2D eigenvalue weighted by atomic mass is 9.86. The van der Waals surface area contributed by atoms with Crippen LogP contribution in [0.15, 0.2) is 60.7 Å². The Labute approximate surface area is 303 Å². The predicted molar refractivity (Wildman–Crippen MR) is 193 cm³/mol. The molecule has 3 unspecified atom stereocenters. The van der Waals surface area contributed by atoms with Crippen LogP contribution in [0, 0.1) is 0 Å². The fraction of sp³-hybridized carbons (Fsp3) is 0.366. The molecular formula is C41H45N2O9+. The molecule has 0 spiro atoms. The normalized spacial score (nSPS) is 20.7. The second-order valence-electron chi connectivity index (χ2n) is 14.1. The van der Waals surface area contributed by atoms with Crippen molar-refractivity contribution in [2.45, 2.75) is 44.7 Å². The fourth-order valence-electron chi connectivity index (χ4n) is 8.06. The number of esters is 1. The second-order valence-corrected chi connectivity index (χ2v) is 14.1. The summed E-state index contributed by atoms with van der Waals surface area (Å²) in [6, 6.07) is 19.4. The van der Waals surface area contributed by atoms with Gasteiger partial charge in [-0.25, -0.2) is 4.79 Å². The van der Waals surface area contributed by atoms with Crippen LogP contribution in [0.3, 0.4) is 0 Å². The first-order valence-corrected chi connectivity index (χ1v) is 17.5. The van der Waals surface area contributed by atoms with Gasteiger partial charge in [-0.3, -0.25) is 9.69 Å². The minimum atomic E-state index is -0.862. The van der Waals surface area contributed by atoms with Gasteiger partial charge in [0, 0.05) is 43.5 Å². The molecule has 1 N–H and O–H groups in total. The maximum absolute atomic E-state index is 12.6. The Morgan fingerprint density at radius 3 is 2.23 bits per heavy atom. The molecule has 272 valence electrons. The molecule has 0 aromatic heterocycles. The molecule has 0 aliphatic carbocycles. The number of carboxylic acids is 1. The molecule has 4 aromatic carbocycles. The van der Waals surface area contributed by atoms with Gasteiger partial charge < -0.3 is 38.0 Å². The quantitative estimate of drug-likeness (QED) is 0.132. The molecule has 6 bridgehead atoms. The summed E-state index contributed by atoms with van der Waals surface area (Å²) in [5.41, 5.74) is 5.99. The van der Waals surface area contributed by atoms with Crippen molar-refractivity contribution in [3.05, 3.63) is 94.0 Å². The summed E-state index contributed by atoms with van der Waals surface area (Å²) < 4.78 is 37.1. The number of methoxy groups -OCH3 is 3. The van der Waals surface area contributed by atoms with E-state index in [4.69, 9.17) is 28.4 Å². The summed E-state index contributed by atoms with van der Waals surface area (Å²) in [5, 5.41) is 10.1. The van der Waals surface area contributed by atoms with Crippen molar-refractivity contribution in [2.75, 3.05) is 55.1 Å². The van der Waals surface area contributed by atoms with Crippen LogP contribution in [0.1, 0.15) is 52.4 Å². The van der Waals surface area contributed by atoms with Crippen molar-refractivity contribution in [2.24, 2.45) is 0 Å². The minimum Gasteiger partial charge on any atom is -0.493 e. The van der Waals surface area contributed by atoms with Crippen molar-refractivity contribution < 1.29 is 47.6 Å². The number of carboxylic acid groups (broad SMARTS) is 1. The van der Waals surface area contributed by atoms with E-state index in [1.165, 1.54) is 6.92 Å². The number of ether oxygens (including phenoxy) is 6. The number of benzene rings is 4. The van der Waals surface area contributed by atoms with E-state index in [1.807, 2.05) is 67.7 Å². The molecular weight excluding hydrogens is 664 g/mol. The molecule has 4 heterocycles. The zero-order chi connectivity index (χ0) is 36.7. The van der Waals surface area contributed by atoms with E-state index in [2.05, 4.69) is 11.9 Å². The molecule has 8 rings (SSSR count). The van der Waals surface area contributed by atoms with Crippen LogP contribution in [0.25, 0.3) is 0 Å². The summed E-state index contributed by atoms with van der Waals surface area (Å²) >= 11 is 0. The molecule has 4 aromatic rings. The second kappa shape index (κ2) is 14.0. The Balaban J connectivity index is 1.50. The Morgan fingerprint density at radius 1 is 0.846 bits per heavy atom. The molecule has 0 saturated heterocycles. The van der Waals surface area contributed by atoms with E-state index >= 15 is 0 Å². The van der Waals surface area contributed by atoms with Crippen molar-refractivity contribution >= 4 is 11.9 Å². The average molecular weight is 710 g/mol. The van der Waals surface area contributed by atoms with E-state index in [0.717, 1.165) is 46.3 Å². The van der Waals surface area contributed by atoms with Gasteiger partial charge in [-0.15, -0.1) is 0 Å². The van der Waals surface area contributed by atoms with Gasteiger partial charge in [0.25, 0.3) is 0 Å². The molecule has 11 nitrogen and oxygen atoms in total. The summed E-state index contributed by atoms with van der Waals surface area (Å²) in [7, 11) is 8.86. The number of aliphatic carboxylic acids is 1. The summed E-state index contributed by atoms with van der Waals surface area (Å²) in [5.74, 6) is 2.37. The average Bonchev–Trinajstić information content (AvgIpc) is 3.11. The first-order chi connectivity index (χ1) is 25.0. The number of hydrogen-bond donors (Lipinski definition) is 1. The number of carbonyl (C=O) groups is 2. The number of quaternary nitrogens is 1. The van der Waals surface area contributed by atoms with Crippen LogP contribution in [0.2, 0.25) is 0 Å². The SMILES string of the molecule is COc1ccc2cc1Oc1ccc(cc1)CC1c3cc(c(OC)cc3CC[N+]1(C)CC(=O)O)Oc1c(OC(C)=O)c(OC)cc3c1C(C2)N(C)CC3. The van der Waals surface area contributed by atoms with Gasteiger partial charge in [0.05, 0.1) is 34.9 Å². The van der Waals surface area contributed by atoms with Crippen LogP contribution >= 0.6 is 0 Å². The van der Waals surface area contributed by atoms with E-state index in [1.54, 1.807) is 21.3 Å². The zero-order valence-electron chi connectivity index (χ0n) is 30.5. The lowest BCUT2D eigenvalue weighted by Gasteiger charge is -2.45. The smallest absolute Gasteiger partial charge is 0.359 e. The van der Waals surface area contributed by atoms with Gasteiger partial charge in [0.1, 0.15) is 11.8 Å². The Hall–Kier alpha value is -5.26. The maximum atomic E-state index is 12.6. The standard InChI is InChI=1S/C41H44N2O9/c1-24(44)50-40-37(49-6)21-28-13-15-42(2)31-17-26-9-12-33(47-4)35(19-26)51-29-10-7-25(8-11-29)18-32-30-22-36(52-41(40)39(28)31)34(48-5)20-27(30)14-16-43(32,3)23-38(45)46/h7-12,19-22,31-32H,13-18,23H2,1-6H3/p+1. The van der Waals surface area contributed by atoms with Crippen LogP contribution < -0.4 is 28.4 Å². The third-order valence-corrected chi connectivity index (χ3v) is 10.8. The van der Waals surface area contributed by atoms with Crippen LogP contribution in [-0.4, -0.2) is 81.5 Å². The van der Waals surface area contributed by atoms with Crippen LogP contribution in [-0.2, 0) is 35.3 Å². The van der Waals surface area contributed by atoms with Gasteiger partial charge in [-0.1, -0.05) is 18.2 Å². The van der Waals surface area contributed by atoms with E-state index in [9.17, 15) is 14.7 Å². The van der Waals surface area contributed by atoms with Crippen molar-refractivity contribution in [1.29, 1.82) is 0 Å². The lowest BCUT2D eigenvalue weighted by molar-refractivity contribution is -0.934. The highest BCUT2D eigenvalue weighted by Crippen LogP contribution is 2.52. The first kappa shape index (κ1) is 35.2. The molecule has 52 heavy (non-hydrogen) atoms. The van der Waals surface area contributed by atoms with Crippen molar-refractivity contribution in [3.63, 3.8) is 0 Å². The number of hydrogen-bond acceptors (Lipinski definition) is 9. The molecule has 3 atom stereocenters. The largest absolute Gasteiger partial charge is 0.493 e. The third kappa shape index (κ3) is 6.62. The van der Waals surface area contributed by atoms with Gasteiger partial charge in [-0.2, -0.15) is 0 Å². The molecule has 4 aliphatic heterocycles. The van der Waals surface area contributed by atoms with Gasteiger partial charge in [0.15, 0.2) is 41.0 Å². The molecule has 0 fully saturated rings. The van der Waals surface area contributed by atoms with Crippen molar-refractivity contribution in [3.8, 4) is 46.0 Å². The Kier molecular flexibility index (Phi) is 9.50. The van der Waals surface area contributed by atoms with Crippen LogP contribution in [0.5, 0.6) is 46.0 Å². The summed E-state index contributed by atoms with van der Waals surface area (Å²) in [6.07, 6.45) is 2.54. The fourth-order valence-corrected chi connectivity index (χ4v) is 8.06. The lowest BCUT2D eigenvalue weighted by Crippen LogP contribution is -2.54. The number of likely N-dealkylation sites (N-methyl/N-ethyl adjacent to an activating group) is 2. The zero-order valence-corrected chi connectivity index (χ0v) is 30.5. The highest BCUT2D eigenvalue weighted by atomic mass is 16.6. The summed E-state index contributed by atoms with van der Waals surface area (Å²) in [4.78, 5) is 27.2. The van der Waals surface area contributed by atoms with Crippen molar-refractivity contribution in [1.82, 2.24) is 4.90 Å². The highest BCUT2D eigenvalue weighted by Gasteiger charge is 2.42. The number of nitrogens with zero attached hydrogens (tertiary/aromatic N) is 2. The summed E-state index contributed by atoms with van der Waals surface area (Å²) in [6.45, 7) is 2.73. The number of carbonyl (C=O) groups excluding carboxylic acids is 1. The first-order valence-electron chi connectivity index (χ1n) is 17.5. The minimum absolute atomic E-state index is 0.0440. The highest BCUT2D eigenvalue weighted by molar-refractivity contribution is 5.74. The molecule has 11 heteroatoms. The maximum Gasteiger partial charge on any atom is 0.359 e. The Morgan fingerprint density at radius 2 is 1.54 bits per heavy atom. The third-order valence-electron chi connectivity index (χ3n) is 10.8. The predicted octanol–water partition coefficient (Wildman–Crippen LogP) is 6.68. The number of fused-ring (bicyclic) bond motifs is 2. The molecule has 0 saturated carbocycles. The molecule has 0 radical (unpaired) electrons. The van der Waals surface area contributed by atoms with E-state index in [0.29, 0.717) is 70.5 Å².